The molecule has 0 radical (unpaired) electrons. The summed E-state index contributed by atoms with van der Waals surface area (Å²) in [6, 6.07) is 10.1. The number of rotatable bonds is 2. The van der Waals surface area contributed by atoms with E-state index in [1.54, 1.807) is 0 Å². The Balaban J connectivity index is 2.33. The Hall–Kier alpha value is -1.57. The minimum Gasteiger partial charge on any atom is -0.443 e. The Morgan fingerprint density at radius 3 is 2.44 bits per heavy atom. The second-order valence-electron chi connectivity index (χ2n) is 5.23. The molecule has 2 nitrogen and oxygen atoms in total. The SMILES string of the molecule is CC(C)(C)Cc1ncoc1-c1ccccc1. The molecular weight excluding hydrogens is 198 g/mol. The van der Waals surface area contributed by atoms with E-state index in [-0.39, 0.29) is 5.41 Å². The molecule has 0 fully saturated rings. The Labute approximate surface area is 96.3 Å². The summed E-state index contributed by atoms with van der Waals surface area (Å²) in [5.41, 5.74) is 2.36. The summed E-state index contributed by atoms with van der Waals surface area (Å²) >= 11 is 0. The molecule has 0 aliphatic rings. The van der Waals surface area contributed by atoms with Gasteiger partial charge in [0, 0.05) is 5.56 Å². The van der Waals surface area contributed by atoms with Gasteiger partial charge in [0.2, 0.25) is 0 Å². The Kier molecular flexibility index (Phi) is 2.82. The van der Waals surface area contributed by atoms with Gasteiger partial charge in [-0.2, -0.15) is 0 Å². The molecule has 0 aliphatic carbocycles. The molecule has 0 saturated carbocycles. The molecule has 16 heavy (non-hydrogen) atoms. The van der Waals surface area contributed by atoms with Crippen LogP contribution in [0.4, 0.5) is 0 Å². The number of oxazole rings is 1. The quantitative estimate of drug-likeness (QED) is 0.758. The highest BCUT2D eigenvalue weighted by Gasteiger charge is 2.18. The predicted molar refractivity (Wildman–Crippen MR) is 65.1 cm³/mol. The summed E-state index contributed by atoms with van der Waals surface area (Å²) in [4.78, 5) is 4.31. The molecule has 0 aliphatic heterocycles. The zero-order valence-corrected chi connectivity index (χ0v) is 10.0. The van der Waals surface area contributed by atoms with Crippen molar-refractivity contribution in [2.75, 3.05) is 0 Å². The average Bonchev–Trinajstić information content (AvgIpc) is 2.64. The van der Waals surface area contributed by atoms with Gasteiger partial charge in [0.05, 0.1) is 5.69 Å². The van der Waals surface area contributed by atoms with E-state index in [2.05, 4.69) is 25.8 Å². The molecule has 1 aromatic heterocycles. The van der Waals surface area contributed by atoms with Crippen LogP contribution in [0.1, 0.15) is 26.5 Å². The molecular formula is C14H17NO. The van der Waals surface area contributed by atoms with Crippen LogP contribution in [-0.2, 0) is 6.42 Å². The van der Waals surface area contributed by atoms with E-state index in [1.165, 1.54) is 6.39 Å². The van der Waals surface area contributed by atoms with E-state index >= 15 is 0 Å². The van der Waals surface area contributed by atoms with Crippen LogP contribution < -0.4 is 0 Å². The van der Waals surface area contributed by atoms with E-state index in [1.807, 2.05) is 30.3 Å². The van der Waals surface area contributed by atoms with Crippen LogP contribution in [0, 0.1) is 5.41 Å². The lowest BCUT2D eigenvalue weighted by Crippen LogP contribution is -2.10. The maximum atomic E-state index is 5.49. The molecule has 0 atom stereocenters. The molecule has 2 heteroatoms. The zero-order valence-electron chi connectivity index (χ0n) is 10.0. The first-order valence-electron chi connectivity index (χ1n) is 5.54. The van der Waals surface area contributed by atoms with Crippen molar-refractivity contribution in [3.63, 3.8) is 0 Å². The highest BCUT2D eigenvalue weighted by molar-refractivity contribution is 5.59. The molecule has 1 aromatic carbocycles. The first-order chi connectivity index (χ1) is 7.56. The van der Waals surface area contributed by atoms with Gasteiger partial charge in [-0.15, -0.1) is 0 Å². The molecule has 0 spiro atoms. The van der Waals surface area contributed by atoms with Crippen LogP contribution in [-0.4, -0.2) is 4.98 Å². The molecule has 0 N–H and O–H groups in total. The molecule has 84 valence electrons. The molecule has 1 heterocycles. The third-order valence-electron chi connectivity index (χ3n) is 2.37. The van der Waals surface area contributed by atoms with Gasteiger partial charge >= 0.3 is 0 Å². The molecule has 0 saturated heterocycles. The first-order valence-corrected chi connectivity index (χ1v) is 5.54. The number of hydrogen-bond donors (Lipinski definition) is 0. The van der Waals surface area contributed by atoms with Crippen molar-refractivity contribution < 1.29 is 4.42 Å². The van der Waals surface area contributed by atoms with Crippen molar-refractivity contribution in [2.24, 2.45) is 5.41 Å². The highest BCUT2D eigenvalue weighted by Crippen LogP contribution is 2.28. The molecule has 0 unspecified atom stereocenters. The smallest absolute Gasteiger partial charge is 0.181 e. The monoisotopic (exact) mass is 215 g/mol. The van der Waals surface area contributed by atoms with Crippen molar-refractivity contribution in [3.05, 3.63) is 42.4 Å². The largest absolute Gasteiger partial charge is 0.443 e. The maximum absolute atomic E-state index is 5.49. The minimum atomic E-state index is 0.223. The van der Waals surface area contributed by atoms with E-state index in [4.69, 9.17) is 4.42 Å². The fraction of sp³-hybridized carbons (Fsp3) is 0.357. The first kappa shape index (κ1) is 10.9. The highest BCUT2D eigenvalue weighted by atomic mass is 16.3. The Morgan fingerprint density at radius 1 is 1.12 bits per heavy atom. The number of hydrogen-bond acceptors (Lipinski definition) is 2. The standard InChI is InChI=1S/C14H17NO/c1-14(2,3)9-12-13(16-10-15-12)11-7-5-4-6-8-11/h4-8,10H,9H2,1-3H3. The van der Waals surface area contributed by atoms with E-state index in [0.29, 0.717) is 0 Å². The van der Waals surface area contributed by atoms with Crippen LogP contribution in [0.2, 0.25) is 0 Å². The summed E-state index contributed by atoms with van der Waals surface area (Å²) in [6.07, 6.45) is 2.46. The average molecular weight is 215 g/mol. The van der Waals surface area contributed by atoms with Gasteiger partial charge < -0.3 is 4.42 Å². The van der Waals surface area contributed by atoms with E-state index < -0.39 is 0 Å². The Morgan fingerprint density at radius 2 is 1.81 bits per heavy atom. The summed E-state index contributed by atoms with van der Waals surface area (Å²) in [5, 5.41) is 0. The zero-order chi connectivity index (χ0) is 11.6. The lowest BCUT2D eigenvalue weighted by Gasteiger charge is -2.16. The van der Waals surface area contributed by atoms with Gasteiger partial charge in [-0.1, -0.05) is 51.1 Å². The van der Waals surface area contributed by atoms with E-state index in [0.717, 1.165) is 23.4 Å². The van der Waals surface area contributed by atoms with Gasteiger partial charge in [-0.3, -0.25) is 0 Å². The summed E-state index contributed by atoms with van der Waals surface area (Å²) in [7, 11) is 0. The van der Waals surface area contributed by atoms with Gasteiger partial charge in [0.1, 0.15) is 0 Å². The third kappa shape index (κ3) is 2.51. The number of aromatic nitrogens is 1. The molecule has 0 bridgehead atoms. The topological polar surface area (TPSA) is 26.0 Å². The lowest BCUT2D eigenvalue weighted by atomic mass is 9.89. The third-order valence-corrected chi connectivity index (χ3v) is 2.37. The summed E-state index contributed by atoms with van der Waals surface area (Å²) in [5.74, 6) is 0.899. The lowest BCUT2D eigenvalue weighted by molar-refractivity contribution is 0.406. The van der Waals surface area contributed by atoms with Crippen molar-refractivity contribution in [1.82, 2.24) is 4.98 Å². The van der Waals surface area contributed by atoms with Crippen LogP contribution >= 0.6 is 0 Å². The summed E-state index contributed by atoms with van der Waals surface area (Å²) in [6.45, 7) is 6.61. The second-order valence-corrected chi connectivity index (χ2v) is 5.23. The Bertz CT molecular complexity index is 451. The fourth-order valence-corrected chi connectivity index (χ4v) is 1.72. The van der Waals surface area contributed by atoms with Crippen molar-refractivity contribution in [3.8, 4) is 11.3 Å². The van der Waals surface area contributed by atoms with Crippen molar-refractivity contribution >= 4 is 0 Å². The summed E-state index contributed by atoms with van der Waals surface area (Å²) < 4.78 is 5.49. The van der Waals surface area contributed by atoms with Gasteiger partial charge in [0.15, 0.2) is 12.2 Å². The normalized spacial score (nSPS) is 11.7. The van der Waals surface area contributed by atoms with Gasteiger partial charge in [0.25, 0.3) is 0 Å². The minimum absolute atomic E-state index is 0.223. The maximum Gasteiger partial charge on any atom is 0.181 e. The van der Waals surface area contributed by atoms with Gasteiger partial charge in [-0.25, -0.2) is 4.98 Å². The van der Waals surface area contributed by atoms with Gasteiger partial charge in [-0.05, 0) is 11.8 Å². The molecule has 0 amide bonds. The molecule has 2 rings (SSSR count). The van der Waals surface area contributed by atoms with E-state index in [9.17, 15) is 0 Å². The number of benzene rings is 1. The fourth-order valence-electron chi connectivity index (χ4n) is 1.72. The van der Waals surface area contributed by atoms with Crippen LogP contribution in [0.5, 0.6) is 0 Å². The number of nitrogens with zero attached hydrogens (tertiary/aromatic N) is 1. The van der Waals surface area contributed by atoms with Crippen LogP contribution in [0.25, 0.3) is 11.3 Å². The van der Waals surface area contributed by atoms with Crippen molar-refractivity contribution in [1.29, 1.82) is 0 Å². The second kappa shape index (κ2) is 4.12. The van der Waals surface area contributed by atoms with Crippen molar-refractivity contribution in [2.45, 2.75) is 27.2 Å². The predicted octanol–water partition coefficient (Wildman–Crippen LogP) is 3.93. The van der Waals surface area contributed by atoms with Crippen LogP contribution in [0.3, 0.4) is 0 Å². The molecule has 2 aromatic rings. The van der Waals surface area contributed by atoms with Crippen LogP contribution in [0.15, 0.2) is 41.1 Å².